The van der Waals surface area contributed by atoms with Crippen molar-refractivity contribution < 1.29 is 9.18 Å². The Hall–Kier alpha value is -2.87. The molecule has 3 heterocycles. The predicted molar refractivity (Wildman–Crippen MR) is 90.1 cm³/mol. The number of aryl methyl sites for hydroxylation is 1. The minimum atomic E-state index is -0.352. The number of nitrogens with zero attached hydrogens (tertiary/aromatic N) is 4. The third-order valence-corrected chi connectivity index (χ3v) is 4.31. The molecule has 25 heavy (non-hydrogen) atoms. The van der Waals surface area contributed by atoms with Gasteiger partial charge >= 0.3 is 0 Å². The number of amides is 1. The summed E-state index contributed by atoms with van der Waals surface area (Å²) in [5.74, 6) is -0.259. The lowest BCUT2D eigenvalue weighted by atomic mass is 10.2. The SMILES string of the molecule is Cc1nn(-c2ncc(C(=O)N[C@@H]3CCNC3)cn2)c2cc(F)ccc12. The first kappa shape index (κ1) is 15.6. The van der Waals surface area contributed by atoms with Crippen LogP contribution in [0.3, 0.4) is 0 Å². The third kappa shape index (κ3) is 2.96. The average molecular weight is 340 g/mol. The quantitative estimate of drug-likeness (QED) is 0.752. The molecular formula is C17H17FN6O. The van der Waals surface area contributed by atoms with Crippen LogP contribution in [-0.2, 0) is 0 Å². The van der Waals surface area contributed by atoms with Crippen LogP contribution in [0.2, 0.25) is 0 Å². The van der Waals surface area contributed by atoms with Crippen LogP contribution in [0, 0.1) is 12.7 Å². The van der Waals surface area contributed by atoms with Crippen LogP contribution in [0.15, 0.2) is 30.6 Å². The zero-order valence-corrected chi connectivity index (χ0v) is 13.7. The van der Waals surface area contributed by atoms with E-state index in [2.05, 4.69) is 25.7 Å². The fraction of sp³-hybridized carbons (Fsp3) is 0.294. The number of rotatable bonds is 3. The maximum atomic E-state index is 13.6. The molecule has 128 valence electrons. The summed E-state index contributed by atoms with van der Waals surface area (Å²) in [6, 6.07) is 4.61. The number of carbonyl (C=O) groups is 1. The first-order valence-corrected chi connectivity index (χ1v) is 8.11. The summed E-state index contributed by atoms with van der Waals surface area (Å²) in [5.41, 5.74) is 1.73. The molecule has 3 aromatic rings. The predicted octanol–water partition coefficient (Wildman–Crippen LogP) is 1.35. The molecule has 0 bridgehead atoms. The van der Waals surface area contributed by atoms with Crippen molar-refractivity contribution in [3.63, 3.8) is 0 Å². The molecule has 0 spiro atoms. The lowest BCUT2D eigenvalue weighted by Crippen LogP contribution is -2.36. The van der Waals surface area contributed by atoms with Gasteiger partial charge in [0.05, 0.1) is 16.8 Å². The van der Waals surface area contributed by atoms with Gasteiger partial charge in [0.15, 0.2) is 0 Å². The van der Waals surface area contributed by atoms with Crippen molar-refractivity contribution in [2.24, 2.45) is 0 Å². The third-order valence-electron chi connectivity index (χ3n) is 4.31. The number of carbonyl (C=O) groups excluding carboxylic acids is 1. The molecule has 1 aliphatic heterocycles. The number of aromatic nitrogens is 4. The average Bonchev–Trinajstić information content (AvgIpc) is 3.23. The highest BCUT2D eigenvalue weighted by Crippen LogP contribution is 2.21. The van der Waals surface area contributed by atoms with Crippen molar-refractivity contribution in [2.45, 2.75) is 19.4 Å². The lowest BCUT2D eigenvalue weighted by molar-refractivity contribution is 0.0939. The fourth-order valence-electron chi connectivity index (χ4n) is 2.99. The monoisotopic (exact) mass is 340 g/mol. The molecule has 0 unspecified atom stereocenters. The highest BCUT2D eigenvalue weighted by atomic mass is 19.1. The van der Waals surface area contributed by atoms with Crippen LogP contribution in [0.5, 0.6) is 0 Å². The highest BCUT2D eigenvalue weighted by Gasteiger charge is 2.18. The van der Waals surface area contributed by atoms with Gasteiger partial charge in [-0.2, -0.15) is 9.78 Å². The minimum Gasteiger partial charge on any atom is -0.348 e. The van der Waals surface area contributed by atoms with Crippen molar-refractivity contribution in [3.05, 3.63) is 47.7 Å². The summed E-state index contributed by atoms with van der Waals surface area (Å²) in [7, 11) is 0. The Morgan fingerprint density at radius 3 is 2.88 bits per heavy atom. The molecule has 0 saturated carbocycles. The lowest BCUT2D eigenvalue weighted by Gasteiger charge is -2.11. The summed E-state index contributed by atoms with van der Waals surface area (Å²) in [6.07, 6.45) is 3.83. The molecule has 0 radical (unpaired) electrons. The van der Waals surface area contributed by atoms with E-state index in [1.54, 1.807) is 6.07 Å². The zero-order chi connectivity index (χ0) is 17.4. The van der Waals surface area contributed by atoms with Crippen LogP contribution in [-0.4, -0.2) is 44.8 Å². The van der Waals surface area contributed by atoms with Gasteiger partial charge in [0.25, 0.3) is 11.9 Å². The second kappa shape index (κ2) is 6.21. The van der Waals surface area contributed by atoms with E-state index in [4.69, 9.17) is 0 Å². The molecule has 1 atom stereocenters. The zero-order valence-electron chi connectivity index (χ0n) is 13.7. The Kier molecular flexibility index (Phi) is 3.89. The normalized spacial score (nSPS) is 17.1. The fourth-order valence-corrected chi connectivity index (χ4v) is 2.99. The maximum absolute atomic E-state index is 13.6. The number of hydrogen-bond acceptors (Lipinski definition) is 5. The molecule has 0 aliphatic carbocycles. The minimum absolute atomic E-state index is 0.132. The van der Waals surface area contributed by atoms with Gasteiger partial charge in [-0.1, -0.05) is 0 Å². The van der Waals surface area contributed by atoms with Gasteiger partial charge in [-0.15, -0.1) is 0 Å². The smallest absolute Gasteiger partial charge is 0.254 e. The molecule has 8 heteroatoms. The number of nitrogens with one attached hydrogen (secondary N) is 2. The Morgan fingerprint density at radius 2 is 2.16 bits per heavy atom. The molecule has 1 aliphatic rings. The topological polar surface area (TPSA) is 84.7 Å². The van der Waals surface area contributed by atoms with Crippen molar-refractivity contribution in [1.29, 1.82) is 0 Å². The van der Waals surface area contributed by atoms with Gasteiger partial charge in [0.1, 0.15) is 5.82 Å². The van der Waals surface area contributed by atoms with Gasteiger partial charge in [0.2, 0.25) is 0 Å². The number of fused-ring (bicyclic) bond motifs is 1. The summed E-state index contributed by atoms with van der Waals surface area (Å²) in [4.78, 5) is 20.7. The van der Waals surface area contributed by atoms with Crippen LogP contribution in [0.25, 0.3) is 16.9 Å². The van der Waals surface area contributed by atoms with Crippen LogP contribution in [0.4, 0.5) is 4.39 Å². The molecule has 1 fully saturated rings. The van der Waals surface area contributed by atoms with Gasteiger partial charge in [-0.05, 0) is 32.0 Å². The van der Waals surface area contributed by atoms with E-state index in [0.717, 1.165) is 30.6 Å². The highest BCUT2D eigenvalue weighted by molar-refractivity contribution is 5.93. The standard InChI is InChI=1S/C17H17FN6O/c1-10-14-3-2-12(18)6-15(14)24(23-10)17-20-7-11(8-21-17)16(25)22-13-4-5-19-9-13/h2-3,6-8,13,19H,4-5,9H2,1H3,(H,22,25)/t13-/m1/s1. The van der Waals surface area contributed by atoms with E-state index >= 15 is 0 Å². The maximum Gasteiger partial charge on any atom is 0.254 e. The van der Waals surface area contributed by atoms with Gasteiger partial charge in [0, 0.05) is 36.4 Å². The van der Waals surface area contributed by atoms with Crippen molar-refractivity contribution in [1.82, 2.24) is 30.4 Å². The number of benzene rings is 1. The van der Waals surface area contributed by atoms with E-state index in [0.29, 0.717) is 17.0 Å². The van der Waals surface area contributed by atoms with E-state index in [1.807, 2.05) is 6.92 Å². The summed E-state index contributed by atoms with van der Waals surface area (Å²) in [5, 5.41) is 11.3. The Morgan fingerprint density at radius 1 is 1.36 bits per heavy atom. The molecule has 1 saturated heterocycles. The molecule has 1 aromatic carbocycles. The molecular weight excluding hydrogens is 323 g/mol. The Labute approximate surface area is 143 Å². The largest absolute Gasteiger partial charge is 0.348 e. The first-order chi connectivity index (χ1) is 12.1. The number of hydrogen-bond donors (Lipinski definition) is 2. The second-order valence-electron chi connectivity index (χ2n) is 6.09. The van der Waals surface area contributed by atoms with Crippen molar-refractivity contribution >= 4 is 16.8 Å². The first-order valence-electron chi connectivity index (χ1n) is 8.11. The van der Waals surface area contributed by atoms with E-state index in [1.165, 1.54) is 29.2 Å². The van der Waals surface area contributed by atoms with Gasteiger partial charge in [-0.3, -0.25) is 4.79 Å². The summed E-state index contributed by atoms with van der Waals surface area (Å²) >= 11 is 0. The van der Waals surface area contributed by atoms with Crippen molar-refractivity contribution in [2.75, 3.05) is 13.1 Å². The van der Waals surface area contributed by atoms with Crippen LogP contribution < -0.4 is 10.6 Å². The van der Waals surface area contributed by atoms with Gasteiger partial charge < -0.3 is 10.6 Å². The Bertz CT molecular complexity index is 930. The second-order valence-corrected chi connectivity index (χ2v) is 6.09. The van der Waals surface area contributed by atoms with Crippen LogP contribution in [0.1, 0.15) is 22.5 Å². The van der Waals surface area contributed by atoms with Crippen LogP contribution >= 0.6 is 0 Å². The van der Waals surface area contributed by atoms with Gasteiger partial charge in [-0.25, -0.2) is 14.4 Å². The number of halogens is 1. The molecule has 1 amide bonds. The molecule has 2 aromatic heterocycles. The van der Waals surface area contributed by atoms with E-state index in [9.17, 15) is 9.18 Å². The van der Waals surface area contributed by atoms with Crippen molar-refractivity contribution in [3.8, 4) is 5.95 Å². The summed E-state index contributed by atoms with van der Waals surface area (Å²) < 4.78 is 15.0. The Balaban J connectivity index is 1.62. The molecule has 4 rings (SSSR count). The molecule has 7 nitrogen and oxygen atoms in total. The summed E-state index contributed by atoms with van der Waals surface area (Å²) in [6.45, 7) is 3.52. The molecule has 2 N–H and O–H groups in total. The van der Waals surface area contributed by atoms with E-state index in [-0.39, 0.29) is 17.8 Å². The van der Waals surface area contributed by atoms with E-state index < -0.39 is 0 Å².